The van der Waals surface area contributed by atoms with Crippen LogP contribution in [0.2, 0.25) is 5.02 Å². The number of thiophene rings is 1. The highest BCUT2D eigenvalue weighted by molar-refractivity contribution is 7.99. The van der Waals surface area contributed by atoms with Crippen LogP contribution in [0.5, 0.6) is 0 Å². The van der Waals surface area contributed by atoms with Crippen LogP contribution in [0.25, 0.3) is 0 Å². The highest BCUT2D eigenvalue weighted by atomic mass is 35.5. The Labute approximate surface area is 138 Å². The Morgan fingerprint density at radius 1 is 1.32 bits per heavy atom. The molecule has 2 rings (SSSR count). The first-order valence-electron chi connectivity index (χ1n) is 6.13. The van der Waals surface area contributed by atoms with Gasteiger partial charge in [-0.25, -0.2) is 0 Å². The molecule has 0 fully saturated rings. The number of nitrogens with one attached hydrogen (secondary N) is 1. The third kappa shape index (κ3) is 4.93. The Kier molecular flexibility index (Phi) is 5.77. The minimum atomic E-state index is -4.46. The minimum absolute atomic E-state index is 0.133. The molecule has 1 amide bonds. The molecule has 22 heavy (non-hydrogen) atoms. The summed E-state index contributed by atoms with van der Waals surface area (Å²) in [5, 5.41) is 4.34. The number of amides is 1. The zero-order valence-corrected chi connectivity index (χ0v) is 13.5. The second-order valence-corrected chi connectivity index (χ2v) is 6.74. The Morgan fingerprint density at radius 2 is 2.09 bits per heavy atom. The molecule has 0 saturated carbocycles. The molecular formula is C14H11ClF3NOS2. The second-order valence-electron chi connectivity index (χ2n) is 4.31. The first-order valence-corrected chi connectivity index (χ1v) is 8.54. The van der Waals surface area contributed by atoms with Crippen molar-refractivity contribution in [2.45, 2.75) is 11.9 Å². The lowest BCUT2D eigenvalue weighted by atomic mass is 10.2. The van der Waals surface area contributed by atoms with E-state index >= 15 is 0 Å². The number of halogens is 4. The van der Waals surface area contributed by atoms with E-state index in [1.54, 1.807) is 11.3 Å². The Morgan fingerprint density at radius 3 is 2.68 bits per heavy atom. The maximum atomic E-state index is 12.5. The van der Waals surface area contributed by atoms with E-state index in [9.17, 15) is 18.0 Å². The van der Waals surface area contributed by atoms with Gasteiger partial charge in [0.1, 0.15) is 0 Å². The normalized spacial score (nSPS) is 11.5. The van der Waals surface area contributed by atoms with E-state index in [2.05, 4.69) is 5.32 Å². The van der Waals surface area contributed by atoms with Gasteiger partial charge in [-0.1, -0.05) is 17.7 Å². The van der Waals surface area contributed by atoms with Gasteiger partial charge in [-0.05, 0) is 29.6 Å². The number of benzene rings is 1. The molecule has 0 aliphatic heterocycles. The van der Waals surface area contributed by atoms with Crippen LogP contribution >= 0.6 is 34.7 Å². The molecule has 0 radical (unpaired) electrons. The van der Waals surface area contributed by atoms with Crippen molar-refractivity contribution in [2.24, 2.45) is 0 Å². The van der Waals surface area contributed by atoms with E-state index in [-0.39, 0.29) is 22.4 Å². The summed E-state index contributed by atoms with van der Waals surface area (Å²) in [6.07, 6.45) is -4.46. The topological polar surface area (TPSA) is 29.1 Å². The molecule has 0 aliphatic carbocycles. The van der Waals surface area contributed by atoms with Crippen LogP contribution in [0.1, 0.15) is 10.4 Å². The highest BCUT2D eigenvalue weighted by Gasteiger charge is 2.30. The van der Waals surface area contributed by atoms with E-state index in [0.717, 1.165) is 23.1 Å². The number of carbonyl (C=O) groups is 1. The van der Waals surface area contributed by atoms with Crippen LogP contribution < -0.4 is 5.32 Å². The van der Waals surface area contributed by atoms with Gasteiger partial charge in [-0.15, -0.1) is 23.1 Å². The van der Waals surface area contributed by atoms with Gasteiger partial charge in [0, 0.05) is 10.6 Å². The minimum Gasteiger partial charge on any atom is -0.324 e. The van der Waals surface area contributed by atoms with Gasteiger partial charge in [-0.3, -0.25) is 4.79 Å². The second kappa shape index (κ2) is 7.39. The highest BCUT2D eigenvalue weighted by Crippen LogP contribution is 2.33. The largest absolute Gasteiger partial charge is 0.416 e. The fraction of sp³-hybridized carbons (Fsp3) is 0.214. The van der Waals surface area contributed by atoms with E-state index in [1.165, 1.54) is 11.8 Å². The Hall–Kier alpha value is -1.18. The third-order valence-corrected chi connectivity index (χ3v) is 4.98. The van der Waals surface area contributed by atoms with Crippen LogP contribution in [-0.4, -0.2) is 11.7 Å². The lowest BCUT2D eigenvalue weighted by molar-refractivity contribution is -0.137. The number of carbonyl (C=O) groups excluding carboxylic acids is 1. The van der Waals surface area contributed by atoms with Crippen LogP contribution in [0.4, 0.5) is 18.9 Å². The molecule has 0 unspecified atom stereocenters. The van der Waals surface area contributed by atoms with Crippen molar-refractivity contribution in [1.29, 1.82) is 0 Å². The molecule has 8 heteroatoms. The third-order valence-electron chi connectivity index (χ3n) is 2.63. The van der Waals surface area contributed by atoms with Crippen LogP contribution in [0.15, 0.2) is 35.7 Å². The van der Waals surface area contributed by atoms with Gasteiger partial charge in [0.2, 0.25) is 5.91 Å². The molecule has 1 aromatic carbocycles. The molecule has 2 nitrogen and oxygen atoms in total. The maximum absolute atomic E-state index is 12.5. The molecule has 1 N–H and O–H groups in total. The van der Waals surface area contributed by atoms with E-state index in [1.807, 2.05) is 17.5 Å². The summed E-state index contributed by atoms with van der Waals surface area (Å²) in [5.41, 5.74) is -0.668. The van der Waals surface area contributed by atoms with Gasteiger partial charge < -0.3 is 5.32 Å². The predicted molar refractivity (Wildman–Crippen MR) is 85.6 cm³/mol. The number of thioether (sulfide) groups is 1. The summed E-state index contributed by atoms with van der Waals surface area (Å²) in [6.45, 7) is 0. The van der Waals surface area contributed by atoms with Gasteiger partial charge in [0.05, 0.1) is 22.0 Å². The van der Waals surface area contributed by atoms with Crippen molar-refractivity contribution >= 4 is 46.3 Å². The standard InChI is InChI=1S/C14H11ClF3NOS2/c15-11-6-9(14(16,17)18)3-4-12(11)19-13(20)8-21-7-10-2-1-5-22-10/h1-6H,7-8H2,(H,19,20). The molecule has 0 aliphatic rings. The van der Waals surface area contributed by atoms with Crippen molar-refractivity contribution in [2.75, 3.05) is 11.1 Å². The van der Waals surface area contributed by atoms with Crippen LogP contribution in [0.3, 0.4) is 0 Å². The molecule has 0 bridgehead atoms. The lowest BCUT2D eigenvalue weighted by Gasteiger charge is -2.11. The van der Waals surface area contributed by atoms with E-state index in [4.69, 9.17) is 11.6 Å². The molecule has 0 saturated heterocycles. The first-order chi connectivity index (χ1) is 10.4. The summed E-state index contributed by atoms with van der Waals surface area (Å²) in [4.78, 5) is 12.9. The maximum Gasteiger partial charge on any atom is 0.416 e. The molecule has 1 aromatic heterocycles. The average molecular weight is 366 g/mol. The zero-order valence-electron chi connectivity index (χ0n) is 11.1. The molecule has 0 spiro atoms. The lowest BCUT2D eigenvalue weighted by Crippen LogP contribution is -2.15. The quantitative estimate of drug-likeness (QED) is 0.779. The number of hydrogen-bond donors (Lipinski definition) is 1. The van der Waals surface area contributed by atoms with Gasteiger partial charge in [-0.2, -0.15) is 13.2 Å². The number of hydrogen-bond acceptors (Lipinski definition) is 3. The summed E-state index contributed by atoms with van der Waals surface area (Å²) < 4.78 is 37.5. The molecular weight excluding hydrogens is 355 g/mol. The van der Waals surface area contributed by atoms with Crippen LogP contribution in [-0.2, 0) is 16.7 Å². The fourth-order valence-corrected chi connectivity index (χ4v) is 3.51. The van der Waals surface area contributed by atoms with Crippen molar-refractivity contribution in [3.05, 3.63) is 51.2 Å². The SMILES string of the molecule is O=C(CSCc1cccs1)Nc1ccc(C(F)(F)F)cc1Cl. The Bertz CT molecular complexity index is 644. The molecule has 2 aromatic rings. The zero-order chi connectivity index (χ0) is 16.2. The number of rotatable bonds is 5. The fourth-order valence-electron chi connectivity index (χ4n) is 1.62. The Balaban J connectivity index is 1.88. The van der Waals surface area contributed by atoms with Crippen LogP contribution in [0, 0.1) is 0 Å². The van der Waals surface area contributed by atoms with Gasteiger partial charge >= 0.3 is 6.18 Å². The molecule has 118 valence electrons. The van der Waals surface area contributed by atoms with Crippen molar-refractivity contribution in [1.82, 2.24) is 0 Å². The smallest absolute Gasteiger partial charge is 0.324 e. The summed E-state index contributed by atoms with van der Waals surface area (Å²) in [7, 11) is 0. The number of alkyl halides is 3. The summed E-state index contributed by atoms with van der Waals surface area (Å²) in [6, 6.07) is 6.76. The van der Waals surface area contributed by atoms with Crippen molar-refractivity contribution in [3.63, 3.8) is 0 Å². The molecule has 1 heterocycles. The van der Waals surface area contributed by atoms with Crippen molar-refractivity contribution < 1.29 is 18.0 Å². The average Bonchev–Trinajstić information content (AvgIpc) is 2.93. The van der Waals surface area contributed by atoms with Gasteiger partial charge in [0.15, 0.2) is 0 Å². The summed E-state index contributed by atoms with van der Waals surface area (Å²) >= 11 is 8.81. The van der Waals surface area contributed by atoms with Crippen molar-refractivity contribution in [3.8, 4) is 0 Å². The monoisotopic (exact) mass is 365 g/mol. The first kappa shape index (κ1) is 17.2. The number of anilines is 1. The molecule has 0 atom stereocenters. The van der Waals surface area contributed by atoms with Gasteiger partial charge in [0.25, 0.3) is 0 Å². The van der Waals surface area contributed by atoms with E-state index in [0.29, 0.717) is 5.75 Å². The predicted octanol–water partition coefficient (Wildman–Crippen LogP) is 5.29. The van der Waals surface area contributed by atoms with E-state index < -0.39 is 11.7 Å². The summed E-state index contributed by atoms with van der Waals surface area (Å²) in [5.74, 6) is 0.615.